The van der Waals surface area contributed by atoms with Crippen LogP contribution in [0, 0.1) is 11.6 Å². The lowest BCUT2D eigenvalue weighted by molar-refractivity contribution is -0.116. The number of benzene rings is 1. The van der Waals surface area contributed by atoms with E-state index in [0.29, 0.717) is 18.4 Å². The molecule has 0 N–H and O–H groups in total. The summed E-state index contributed by atoms with van der Waals surface area (Å²) in [5, 5.41) is 0.575. The molecule has 1 saturated heterocycles. The third-order valence-electron chi connectivity index (χ3n) is 3.10. The molecule has 0 saturated carbocycles. The maximum absolute atomic E-state index is 13.7. The van der Waals surface area contributed by atoms with Crippen LogP contribution in [0.2, 0.25) is 0 Å². The van der Waals surface area contributed by atoms with E-state index in [0.717, 1.165) is 18.2 Å². The molecule has 1 fully saturated rings. The Morgan fingerprint density at radius 3 is 2.85 bits per heavy atom. The summed E-state index contributed by atoms with van der Waals surface area (Å²) >= 11 is 3.32. The second kappa shape index (κ2) is 5.77. The van der Waals surface area contributed by atoms with Crippen LogP contribution in [0.5, 0.6) is 0 Å². The molecular formula is C14H16BrF2NO2. The molecule has 0 aromatic heterocycles. The Morgan fingerprint density at radius 2 is 2.20 bits per heavy atom. The van der Waals surface area contributed by atoms with E-state index in [-0.39, 0.29) is 11.7 Å². The molecule has 1 aliphatic rings. The first-order valence-corrected chi connectivity index (χ1v) is 7.42. The topological polar surface area (TPSA) is 29.5 Å². The highest BCUT2D eigenvalue weighted by molar-refractivity contribution is 9.09. The van der Waals surface area contributed by atoms with Gasteiger partial charge in [0.1, 0.15) is 11.6 Å². The lowest BCUT2D eigenvalue weighted by Gasteiger charge is -2.42. The average Bonchev–Trinajstić information content (AvgIpc) is 2.38. The molecule has 6 heteroatoms. The summed E-state index contributed by atoms with van der Waals surface area (Å²) in [7, 11) is 0. The highest BCUT2D eigenvalue weighted by Crippen LogP contribution is 2.24. The minimum absolute atomic E-state index is 0.167. The van der Waals surface area contributed by atoms with E-state index >= 15 is 0 Å². The molecule has 1 aliphatic heterocycles. The van der Waals surface area contributed by atoms with Gasteiger partial charge < -0.3 is 9.64 Å². The van der Waals surface area contributed by atoms with Crippen LogP contribution in [0.4, 0.5) is 8.78 Å². The van der Waals surface area contributed by atoms with Crippen molar-refractivity contribution in [2.24, 2.45) is 0 Å². The van der Waals surface area contributed by atoms with Gasteiger partial charge in [0.15, 0.2) is 0 Å². The van der Waals surface area contributed by atoms with Crippen LogP contribution in [0.3, 0.4) is 0 Å². The molecule has 3 nitrogen and oxygen atoms in total. The predicted molar refractivity (Wildman–Crippen MR) is 75.0 cm³/mol. The van der Waals surface area contributed by atoms with Crippen molar-refractivity contribution in [2.75, 3.05) is 18.4 Å². The predicted octanol–water partition coefficient (Wildman–Crippen LogP) is 2.98. The maximum Gasteiger partial charge on any atom is 0.257 e. The van der Waals surface area contributed by atoms with E-state index < -0.39 is 23.1 Å². The highest BCUT2D eigenvalue weighted by Gasteiger charge is 2.36. The van der Waals surface area contributed by atoms with Crippen molar-refractivity contribution in [3.63, 3.8) is 0 Å². The number of nitrogens with zero attached hydrogens (tertiary/aromatic N) is 1. The summed E-state index contributed by atoms with van der Waals surface area (Å²) in [5.74, 6) is -1.85. The number of ether oxygens (including phenoxy) is 1. The normalized spacial score (nSPS) is 21.9. The minimum atomic E-state index is -0.712. The van der Waals surface area contributed by atoms with Gasteiger partial charge in [-0.3, -0.25) is 4.79 Å². The number of carbonyl (C=O) groups excluding carboxylic acids is 1. The molecular weight excluding hydrogens is 332 g/mol. The Hall–Kier alpha value is -1.01. The molecule has 1 aromatic carbocycles. The monoisotopic (exact) mass is 347 g/mol. The van der Waals surface area contributed by atoms with Crippen LogP contribution in [-0.2, 0) is 4.74 Å². The maximum atomic E-state index is 13.7. The fourth-order valence-corrected chi connectivity index (χ4v) is 2.70. The van der Waals surface area contributed by atoms with Crippen molar-refractivity contribution < 1.29 is 18.3 Å². The fourth-order valence-electron chi connectivity index (χ4n) is 2.36. The Bertz CT molecular complexity index is 522. The van der Waals surface area contributed by atoms with Crippen LogP contribution in [0.1, 0.15) is 24.2 Å². The van der Waals surface area contributed by atoms with Gasteiger partial charge in [0, 0.05) is 18.4 Å². The van der Waals surface area contributed by atoms with Crippen molar-refractivity contribution in [2.45, 2.75) is 25.6 Å². The van der Waals surface area contributed by atoms with E-state index in [4.69, 9.17) is 4.74 Å². The number of halogens is 3. The zero-order valence-corrected chi connectivity index (χ0v) is 12.9. The van der Waals surface area contributed by atoms with Gasteiger partial charge in [-0.25, -0.2) is 8.78 Å². The van der Waals surface area contributed by atoms with E-state index in [1.165, 1.54) is 4.90 Å². The first kappa shape index (κ1) is 15.4. The Labute approximate surface area is 125 Å². The first-order valence-electron chi connectivity index (χ1n) is 6.30. The van der Waals surface area contributed by atoms with Crippen LogP contribution in [0.15, 0.2) is 18.2 Å². The molecule has 1 aromatic rings. The van der Waals surface area contributed by atoms with Crippen molar-refractivity contribution in [1.82, 2.24) is 4.90 Å². The van der Waals surface area contributed by atoms with E-state index in [1.807, 2.05) is 13.8 Å². The molecule has 20 heavy (non-hydrogen) atoms. The third kappa shape index (κ3) is 3.35. The molecule has 0 bridgehead atoms. The Morgan fingerprint density at radius 1 is 1.50 bits per heavy atom. The van der Waals surface area contributed by atoms with Gasteiger partial charge >= 0.3 is 0 Å². The van der Waals surface area contributed by atoms with E-state index in [2.05, 4.69) is 15.9 Å². The Balaban J connectivity index is 2.25. The Kier molecular flexibility index (Phi) is 4.44. The van der Waals surface area contributed by atoms with E-state index in [9.17, 15) is 13.6 Å². The lowest BCUT2D eigenvalue weighted by Crippen LogP contribution is -2.55. The fraction of sp³-hybridized carbons (Fsp3) is 0.500. The van der Waals surface area contributed by atoms with Crippen LogP contribution < -0.4 is 0 Å². The van der Waals surface area contributed by atoms with Gasteiger partial charge in [0.05, 0.1) is 17.3 Å². The summed E-state index contributed by atoms with van der Waals surface area (Å²) in [6.07, 6.45) is -0.167. The smallest absolute Gasteiger partial charge is 0.257 e. The average molecular weight is 348 g/mol. The summed E-state index contributed by atoms with van der Waals surface area (Å²) in [6, 6.07) is 2.90. The van der Waals surface area contributed by atoms with E-state index in [1.54, 1.807) is 0 Å². The summed E-state index contributed by atoms with van der Waals surface area (Å²) in [6.45, 7) is 4.42. The summed E-state index contributed by atoms with van der Waals surface area (Å²) in [4.78, 5) is 13.9. The van der Waals surface area contributed by atoms with Crippen LogP contribution >= 0.6 is 15.9 Å². The standard InChI is InChI=1S/C14H16BrF2NO2/c1-14(2)8-18(7-10(6-15)20-14)13(19)11-5-9(16)3-4-12(11)17/h3-5,10H,6-8H2,1-2H3. The van der Waals surface area contributed by atoms with Gasteiger partial charge in [-0.05, 0) is 32.0 Å². The first-order chi connectivity index (χ1) is 9.32. The molecule has 110 valence electrons. The molecule has 1 atom stereocenters. The van der Waals surface area contributed by atoms with Gasteiger partial charge in [-0.15, -0.1) is 0 Å². The number of rotatable bonds is 2. The molecule has 0 aliphatic carbocycles. The zero-order valence-electron chi connectivity index (χ0n) is 11.3. The molecule has 0 spiro atoms. The molecule has 2 rings (SSSR count). The van der Waals surface area contributed by atoms with Crippen LogP contribution in [0.25, 0.3) is 0 Å². The number of morpholine rings is 1. The summed E-state index contributed by atoms with van der Waals surface area (Å²) in [5.41, 5.74) is -0.758. The molecule has 1 unspecified atom stereocenters. The number of hydrogen-bond donors (Lipinski definition) is 0. The number of alkyl halides is 1. The molecule has 1 heterocycles. The number of amides is 1. The van der Waals surface area contributed by atoms with Gasteiger partial charge in [0.25, 0.3) is 5.91 Å². The summed E-state index contributed by atoms with van der Waals surface area (Å²) < 4.78 is 32.7. The zero-order chi connectivity index (χ0) is 14.9. The van der Waals surface area contributed by atoms with Gasteiger partial charge in [-0.1, -0.05) is 15.9 Å². The van der Waals surface area contributed by atoms with Gasteiger partial charge in [-0.2, -0.15) is 0 Å². The minimum Gasteiger partial charge on any atom is -0.368 e. The number of hydrogen-bond acceptors (Lipinski definition) is 2. The van der Waals surface area contributed by atoms with Crippen LogP contribution in [-0.4, -0.2) is 40.9 Å². The second-order valence-corrected chi connectivity index (χ2v) is 6.11. The van der Waals surface area contributed by atoms with Gasteiger partial charge in [0.2, 0.25) is 0 Å². The highest BCUT2D eigenvalue weighted by atomic mass is 79.9. The second-order valence-electron chi connectivity index (χ2n) is 5.46. The molecule has 1 amide bonds. The molecule has 0 radical (unpaired) electrons. The quantitative estimate of drug-likeness (QED) is 0.769. The SMILES string of the molecule is CC1(C)CN(C(=O)c2cc(F)ccc2F)CC(CBr)O1. The van der Waals surface area contributed by atoms with Crippen molar-refractivity contribution in [3.8, 4) is 0 Å². The number of carbonyl (C=O) groups is 1. The van der Waals surface area contributed by atoms with Crippen molar-refractivity contribution >= 4 is 21.8 Å². The lowest BCUT2D eigenvalue weighted by atomic mass is 10.0. The largest absolute Gasteiger partial charge is 0.368 e. The third-order valence-corrected chi connectivity index (χ3v) is 3.82. The van der Waals surface area contributed by atoms with Crippen molar-refractivity contribution in [3.05, 3.63) is 35.4 Å². The van der Waals surface area contributed by atoms with Crippen molar-refractivity contribution in [1.29, 1.82) is 0 Å².